The van der Waals surface area contributed by atoms with E-state index in [1.54, 1.807) is 79.1 Å². The number of halogens is 1. The van der Waals surface area contributed by atoms with Crippen LogP contribution in [0.3, 0.4) is 0 Å². The summed E-state index contributed by atoms with van der Waals surface area (Å²) in [5, 5.41) is 17.1. The lowest BCUT2D eigenvalue weighted by Crippen LogP contribution is -2.30. The van der Waals surface area contributed by atoms with Gasteiger partial charge >= 0.3 is 5.97 Å². The molecule has 1 heterocycles. The Hall–Kier alpha value is -5.71. The first-order valence-corrected chi connectivity index (χ1v) is 15.5. The molecule has 1 unspecified atom stereocenters. The van der Waals surface area contributed by atoms with Crippen LogP contribution in [0.5, 0.6) is 0 Å². The number of thioether (sulfide) groups is 1. The number of rotatable bonds is 11. The average molecular weight is 663 g/mol. The predicted molar refractivity (Wildman–Crippen MR) is 183 cm³/mol. The predicted octanol–water partition coefficient (Wildman–Crippen LogP) is 7.31. The number of carboxylic acids is 1. The molecular weight excluding hydrogens is 636 g/mol. The Balaban J connectivity index is 1.38. The third-order valence-electron chi connectivity index (χ3n) is 6.68. The fourth-order valence-corrected chi connectivity index (χ4v) is 5.65. The van der Waals surface area contributed by atoms with Gasteiger partial charge in [-0.05, 0) is 71.8 Å². The summed E-state index contributed by atoms with van der Waals surface area (Å²) in [5.74, 6) is -2.59. The fraction of sp³-hybridized carbons (Fsp3) is 0.0278. The highest BCUT2D eigenvalue weighted by Gasteiger charge is 2.24. The van der Waals surface area contributed by atoms with Crippen LogP contribution in [-0.2, 0) is 9.59 Å². The normalized spacial score (nSPS) is 11.6. The first-order valence-electron chi connectivity index (χ1n) is 14.2. The SMILES string of the molecule is O=C(Nc1cccc(SC(C(=O)Nc2cc(C(=O)O)ccc2Cl)c2ccccc2)c1)/C(=C/c1cccnc1)NC(=O)c1ccccc1. The van der Waals surface area contributed by atoms with Crippen molar-refractivity contribution in [3.05, 3.63) is 161 Å². The fourth-order valence-electron chi connectivity index (χ4n) is 4.41. The molecule has 0 aliphatic carbocycles. The molecule has 0 radical (unpaired) electrons. The second kappa shape index (κ2) is 15.5. The number of aromatic nitrogens is 1. The highest BCUT2D eigenvalue weighted by molar-refractivity contribution is 8.00. The molecule has 5 aromatic rings. The summed E-state index contributed by atoms with van der Waals surface area (Å²) in [6, 6.07) is 32.1. The molecule has 0 fully saturated rings. The molecule has 4 aromatic carbocycles. The minimum absolute atomic E-state index is 0.00641. The first kappa shape index (κ1) is 32.7. The van der Waals surface area contributed by atoms with E-state index in [4.69, 9.17) is 11.6 Å². The van der Waals surface area contributed by atoms with Crippen molar-refractivity contribution >= 4 is 64.5 Å². The quantitative estimate of drug-likeness (QED) is 0.0859. The molecule has 234 valence electrons. The summed E-state index contributed by atoms with van der Waals surface area (Å²) in [4.78, 5) is 56.3. The Morgan fingerprint density at radius 1 is 0.787 bits per heavy atom. The van der Waals surface area contributed by atoms with E-state index in [-0.39, 0.29) is 22.0 Å². The number of benzene rings is 4. The molecule has 0 aliphatic heterocycles. The molecule has 0 aliphatic rings. The van der Waals surface area contributed by atoms with Gasteiger partial charge in [0.05, 0.1) is 16.3 Å². The Bertz CT molecular complexity index is 1940. The molecule has 1 atom stereocenters. The lowest BCUT2D eigenvalue weighted by Gasteiger charge is -2.18. The summed E-state index contributed by atoms with van der Waals surface area (Å²) >= 11 is 7.51. The van der Waals surface area contributed by atoms with Crippen LogP contribution in [0, 0.1) is 0 Å². The smallest absolute Gasteiger partial charge is 0.335 e. The maximum Gasteiger partial charge on any atom is 0.335 e. The molecule has 5 rings (SSSR count). The van der Waals surface area contributed by atoms with Gasteiger partial charge < -0.3 is 21.1 Å². The van der Waals surface area contributed by atoms with E-state index < -0.39 is 28.9 Å². The monoisotopic (exact) mass is 662 g/mol. The summed E-state index contributed by atoms with van der Waals surface area (Å²) in [6.07, 6.45) is 4.70. The average Bonchev–Trinajstić information content (AvgIpc) is 3.09. The lowest BCUT2D eigenvalue weighted by molar-refractivity contribution is -0.116. The molecule has 0 spiro atoms. The number of pyridine rings is 1. The van der Waals surface area contributed by atoms with Crippen molar-refractivity contribution in [2.45, 2.75) is 10.1 Å². The number of carbonyl (C=O) groups excluding carboxylic acids is 3. The molecule has 47 heavy (non-hydrogen) atoms. The number of nitrogens with one attached hydrogen (secondary N) is 3. The minimum Gasteiger partial charge on any atom is -0.478 e. The van der Waals surface area contributed by atoms with Crippen molar-refractivity contribution in [3.63, 3.8) is 0 Å². The Kier molecular flexibility index (Phi) is 10.8. The van der Waals surface area contributed by atoms with Crippen molar-refractivity contribution in [3.8, 4) is 0 Å². The van der Waals surface area contributed by atoms with E-state index >= 15 is 0 Å². The largest absolute Gasteiger partial charge is 0.478 e. The number of carbonyl (C=O) groups is 4. The molecule has 11 heteroatoms. The van der Waals surface area contributed by atoms with Gasteiger partial charge in [-0.1, -0.05) is 72.3 Å². The van der Waals surface area contributed by atoms with Gasteiger partial charge in [-0.3, -0.25) is 19.4 Å². The lowest BCUT2D eigenvalue weighted by atomic mass is 10.1. The number of carboxylic acid groups (broad SMARTS) is 1. The van der Waals surface area contributed by atoms with Crippen LogP contribution in [-0.4, -0.2) is 33.8 Å². The van der Waals surface area contributed by atoms with Crippen molar-refractivity contribution in [2.24, 2.45) is 0 Å². The zero-order chi connectivity index (χ0) is 33.2. The topological polar surface area (TPSA) is 137 Å². The highest BCUT2D eigenvalue weighted by atomic mass is 35.5. The van der Waals surface area contributed by atoms with Gasteiger partial charge in [-0.15, -0.1) is 11.8 Å². The summed E-state index contributed by atoms with van der Waals surface area (Å²) < 4.78 is 0. The summed E-state index contributed by atoms with van der Waals surface area (Å²) in [5.41, 5.74) is 2.28. The molecular formula is C36H27ClN4O5S. The molecule has 9 nitrogen and oxygen atoms in total. The second-order valence-corrected chi connectivity index (χ2v) is 11.6. The van der Waals surface area contributed by atoms with Crippen LogP contribution in [0.15, 0.2) is 138 Å². The van der Waals surface area contributed by atoms with E-state index in [0.29, 0.717) is 27.3 Å². The molecule has 0 saturated carbocycles. The van der Waals surface area contributed by atoms with Gasteiger partial charge in [0.2, 0.25) is 5.91 Å². The zero-order valence-electron chi connectivity index (χ0n) is 24.6. The number of amides is 3. The van der Waals surface area contributed by atoms with Gasteiger partial charge in [0, 0.05) is 28.5 Å². The minimum atomic E-state index is -1.15. The Morgan fingerprint density at radius 3 is 2.23 bits per heavy atom. The van der Waals surface area contributed by atoms with Crippen molar-refractivity contribution in [1.29, 1.82) is 0 Å². The zero-order valence-corrected chi connectivity index (χ0v) is 26.2. The van der Waals surface area contributed by atoms with Crippen LogP contribution in [0.1, 0.15) is 37.1 Å². The van der Waals surface area contributed by atoms with Crippen LogP contribution >= 0.6 is 23.4 Å². The second-order valence-electron chi connectivity index (χ2n) is 10.0. The molecule has 4 N–H and O–H groups in total. The standard InChI is InChI=1S/C36H27ClN4O5S/c37-29-17-16-26(36(45)46)20-30(29)40-35(44)32(24-10-3-1-4-11-24)47-28-15-7-14-27(21-28)39-34(43)31(19-23-9-8-18-38-22-23)41-33(42)25-12-5-2-6-13-25/h1-22,32H,(H,39,43)(H,40,44)(H,41,42)(H,45,46)/b31-19-. The number of nitrogens with zero attached hydrogens (tertiary/aromatic N) is 1. The van der Waals surface area contributed by atoms with E-state index in [1.165, 1.54) is 36.0 Å². The number of anilines is 2. The van der Waals surface area contributed by atoms with Crippen molar-refractivity contribution in [2.75, 3.05) is 10.6 Å². The van der Waals surface area contributed by atoms with E-state index in [1.807, 2.05) is 30.3 Å². The third-order valence-corrected chi connectivity index (χ3v) is 8.26. The van der Waals surface area contributed by atoms with Crippen LogP contribution in [0.2, 0.25) is 5.02 Å². The Labute approximate surface area is 279 Å². The van der Waals surface area contributed by atoms with Gasteiger partial charge in [-0.2, -0.15) is 0 Å². The third kappa shape index (κ3) is 8.94. The van der Waals surface area contributed by atoms with Crippen LogP contribution < -0.4 is 16.0 Å². The van der Waals surface area contributed by atoms with Crippen molar-refractivity contribution < 1.29 is 24.3 Å². The van der Waals surface area contributed by atoms with E-state index in [0.717, 1.165) is 0 Å². The molecule has 3 amide bonds. The van der Waals surface area contributed by atoms with Gasteiger partial charge in [0.25, 0.3) is 11.8 Å². The van der Waals surface area contributed by atoms with E-state index in [9.17, 15) is 24.3 Å². The number of hydrogen-bond acceptors (Lipinski definition) is 6. The Morgan fingerprint density at radius 2 is 1.53 bits per heavy atom. The molecule has 1 aromatic heterocycles. The highest BCUT2D eigenvalue weighted by Crippen LogP contribution is 2.38. The van der Waals surface area contributed by atoms with Crippen LogP contribution in [0.4, 0.5) is 11.4 Å². The summed E-state index contributed by atoms with van der Waals surface area (Å²) in [6.45, 7) is 0. The maximum atomic E-state index is 13.6. The summed E-state index contributed by atoms with van der Waals surface area (Å²) in [7, 11) is 0. The first-order chi connectivity index (χ1) is 22.8. The van der Waals surface area contributed by atoms with Crippen LogP contribution in [0.25, 0.3) is 6.08 Å². The van der Waals surface area contributed by atoms with Gasteiger partial charge in [0.15, 0.2) is 0 Å². The molecule has 0 bridgehead atoms. The number of hydrogen-bond donors (Lipinski definition) is 4. The van der Waals surface area contributed by atoms with Gasteiger partial charge in [0.1, 0.15) is 10.9 Å². The van der Waals surface area contributed by atoms with Crippen molar-refractivity contribution in [1.82, 2.24) is 10.3 Å². The maximum absolute atomic E-state index is 13.6. The number of aromatic carboxylic acids is 1. The van der Waals surface area contributed by atoms with E-state index in [2.05, 4.69) is 20.9 Å². The van der Waals surface area contributed by atoms with Gasteiger partial charge in [-0.25, -0.2) is 4.79 Å². The molecule has 0 saturated heterocycles.